The van der Waals surface area contributed by atoms with Crippen LogP contribution in [0.3, 0.4) is 0 Å². The van der Waals surface area contributed by atoms with Gasteiger partial charge in [-0.25, -0.2) is 0 Å². The summed E-state index contributed by atoms with van der Waals surface area (Å²) in [6.07, 6.45) is 1.87. The van der Waals surface area contributed by atoms with E-state index in [0.29, 0.717) is 11.7 Å². The molecular formula is C14H20O. The molecule has 0 amide bonds. The molecule has 0 fully saturated rings. The molecule has 0 aromatic heterocycles. The van der Waals surface area contributed by atoms with Gasteiger partial charge >= 0.3 is 0 Å². The minimum Gasteiger partial charge on any atom is -0.300 e. The Bertz CT molecular complexity index is 300. The maximum atomic E-state index is 11.5. The first-order valence-corrected chi connectivity index (χ1v) is 5.64. The first-order valence-electron chi connectivity index (χ1n) is 5.64. The summed E-state index contributed by atoms with van der Waals surface area (Å²) in [7, 11) is 0. The summed E-state index contributed by atoms with van der Waals surface area (Å²) in [5.41, 5.74) is 1.26. The molecule has 1 unspecified atom stereocenters. The summed E-state index contributed by atoms with van der Waals surface area (Å²) in [6, 6.07) is 10.3. The van der Waals surface area contributed by atoms with Gasteiger partial charge in [-0.3, -0.25) is 4.79 Å². The molecule has 0 aliphatic heterocycles. The highest BCUT2D eigenvalue weighted by molar-refractivity contribution is 5.78. The van der Waals surface area contributed by atoms with Crippen LogP contribution in [0, 0.1) is 11.8 Å². The number of ketones is 1. The quantitative estimate of drug-likeness (QED) is 0.717. The summed E-state index contributed by atoms with van der Waals surface area (Å²) in [5, 5.41) is 0. The van der Waals surface area contributed by atoms with Crippen LogP contribution >= 0.6 is 0 Å². The van der Waals surface area contributed by atoms with Crippen LogP contribution in [0.1, 0.15) is 32.8 Å². The molecule has 0 spiro atoms. The van der Waals surface area contributed by atoms with Crippen LogP contribution in [0.15, 0.2) is 30.3 Å². The van der Waals surface area contributed by atoms with E-state index in [0.717, 1.165) is 12.8 Å². The Kier molecular flexibility index (Phi) is 4.54. The van der Waals surface area contributed by atoms with Crippen molar-refractivity contribution in [3.05, 3.63) is 35.9 Å². The van der Waals surface area contributed by atoms with Crippen LogP contribution < -0.4 is 0 Å². The maximum Gasteiger partial charge on any atom is 0.133 e. The van der Waals surface area contributed by atoms with Crippen molar-refractivity contribution in [2.24, 2.45) is 11.8 Å². The Labute approximate surface area is 92.5 Å². The molecule has 1 rings (SSSR count). The minimum atomic E-state index is 0.187. The van der Waals surface area contributed by atoms with E-state index in [1.165, 1.54) is 5.56 Å². The van der Waals surface area contributed by atoms with Crippen LogP contribution in [0.25, 0.3) is 0 Å². The van der Waals surface area contributed by atoms with Crippen LogP contribution in [-0.4, -0.2) is 5.78 Å². The lowest BCUT2D eigenvalue weighted by Gasteiger charge is -2.15. The molecule has 0 heterocycles. The van der Waals surface area contributed by atoms with Crippen LogP contribution in [0.4, 0.5) is 0 Å². The van der Waals surface area contributed by atoms with Gasteiger partial charge in [0.15, 0.2) is 0 Å². The molecule has 0 aliphatic rings. The zero-order valence-corrected chi connectivity index (χ0v) is 9.86. The highest BCUT2D eigenvalue weighted by Crippen LogP contribution is 2.18. The van der Waals surface area contributed by atoms with Crippen molar-refractivity contribution >= 4 is 5.78 Å². The van der Waals surface area contributed by atoms with Gasteiger partial charge in [-0.05, 0) is 31.2 Å². The second kappa shape index (κ2) is 5.69. The first-order chi connectivity index (χ1) is 7.09. The molecule has 1 aromatic rings. The third-order valence-electron chi connectivity index (χ3n) is 2.66. The fourth-order valence-electron chi connectivity index (χ4n) is 1.86. The third-order valence-corrected chi connectivity index (χ3v) is 2.66. The smallest absolute Gasteiger partial charge is 0.133 e. The molecule has 15 heavy (non-hydrogen) atoms. The van der Waals surface area contributed by atoms with E-state index in [9.17, 15) is 4.79 Å². The van der Waals surface area contributed by atoms with E-state index < -0.39 is 0 Å². The first kappa shape index (κ1) is 12.0. The monoisotopic (exact) mass is 204 g/mol. The van der Waals surface area contributed by atoms with E-state index >= 15 is 0 Å². The molecule has 1 aromatic carbocycles. The van der Waals surface area contributed by atoms with E-state index in [1.54, 1.807) is 6.92 Å². The number of carbonyl (C=O) groups is 1. The SMILES string of the molecule is CC(=O)C(Cc1ccccc1)CC(C)C. The van der Waals surface area contributed by atoms with E-state index in [-0.39, 0.29) is 5.92 Å². The molecule has 0 bridgehead atoms. The summed E-state index contributed by atoms with van der Waals surface area (Å²) < 4.78 is 0. The van der Waals surface area contributed by atoms with Crippen molar-refractivity contribution in [3.8, 4) is 0 Å². The second-order valence-electron chi connectivity index (χ2n) is 4.63. The predicted octanol–water partition coefficient (Wildman–Crippen LogP) is 3.48. The van der Waals surface area contributed by atoms with Crippen molar-refractivity contribution < 1.29 is 4.79 Å². The number of rotatable bonds is 5. The summed E-state index contributed by atoms with van der Waals surface area (Å²) in [4.78, 5) is 11.5. The largest absolute Gasteiger partial charge is 0.300 e. The number of benzene rings is 1. The van der Waals surface area contributed by atoms with Crippen molar-refractivity contribution in [1.82, 2.24) is 0 Å². The molecule has 0 saturated carbocycles. The van der Waals surface area contributed by atoms with Gasteiger partial charge in [-0.2, -0.15) is 0 Å². The van der Waals surface area contributed by atoms with Crippen molar-refractivity contribution in [2.45, 2.75) is 33.6 Å². The van der Waals surface area contributed by atoms with E-state index in [2.05, 4.69) is 26.0 Å². The molecule has 0 radical (unpaired) electrons. The van der Waals surface area contributed by atoms with Crippen LogP contribution in [-0.2, 0) is 11.2 Å². The molecule has 0 aliphatic carbocycles. The Hall–Kier alpha value is -1.11. The van der Waals surface area contributed by atoms with E-state index in [4.69, 9.17) is 0 Å². The van der Waals surface area contributed by atoms with Crippen molar-refractivity contribution in [2.75, 3.05) is 0 Å². The summed E-state index contributed by atoms with van der Waals surface area (Å²) in [6.45, 7) is 6.04. The Morgan fingerprint density at radius 1 is 1.20 bits per heavy atom. The van der Waals surface area contributed by atoms with Crippen molar-refractivity contribution in [3.63, 3.8) is 0 Å². The van der Waals surface area contributed by atoms with Crippen LogP contribution in [0.2, 0.25) is 0 Å². The molecular weight excluding hydrogens is 184 g/mol. The highest BCUT2D eigenvalue weighted by atomic mass is 16.1. The highest BCUT2D eigenvalue weighted by Gasteiger charge is 2.16. The number of carbonyl (C=O) groups excluding carboxylic acids is 1. The molecule has 1 nitrogen and oxygen atoms in total. The average Bonchev–Trinajstić information content (AvgIpc) is 2.17. The number of hydrogen-bond acceptors (Lipinski definition) is 1. The normalized spacial score (nSPS) is 12.8. The number of hydrogen-bond donors (Lipinski definition) is 0. The summed E-state index contributed by atoms with van der Waals surface area (Å²) in [5.74, 6) is 1.09. The third kappa shape index (κ3) is 4.28. The lowest BCUT2D eigenvalue weighted by Crippen LogP contribution is -2.16. The van der Waals surface area contributed by atoms with Gasteiger partial charge in [0.2, 0.25) is 0 Å². The lowest BCUT2D eigenvalue weighted by atomic mass is 9.88. The lowest BCUT2D eigenvalue weighted by molar-refractivity contribution is -0.121. The van der Waals surface area contributed by atoms with Gasteiger partial charge in [0.1, 0.15) is 5.78 Å². The summed E-state index contributed by atoms with van der Waals surface area (Å²) >= 11 is 0. The van der Waals surface area contributed by atoms with Gasteiger partial charge in [-0.1, -0.05) is 44.2 Å². The molecule has 0 saturated heterocycles. The fourth-order valence-corrected chi connectivity index (χ4v) is 1.86. The van der Waals surface area contributed by atoms with Gasteiger partial charge in [-0.15, -0.1) is 0 Å². The second-order valence-corrected chi connectivity index (χ2v) is 4.63. The van der Waals surface area contributed by atoms with E-state index in [1.807, 2.05) is 18.2 Å². The molecule has 1 atom stereocenters. The predicted molar refractivity (Wildman–Crippen MR) is 63.8 cm³/mol. The van der Waals surface area contributed by atoms with Crippen molar-refractivity contribution in [1.29, 1.82) is 0 Å². The topological polar surface area (TPSA) is 17.1 Å². The fraction of sp³-hybridized carbons (Fsp3) is 0.500. The molecule has 0 N–H and O–H groups in total. The number of Topliss-reactive ketones (excluding diaryl/α,β-unsaturated/α-hetero) is 1. The average molecular weight is 204 g/mol. The Morgan fingerprint density at radius 2 is 1.80 bits per heavy atom. The standard InChI is InChI=1S/C14H20O/c1-11(2)9-14(12(3)15)10-13-7-5-4-6-8-13/h4-8,11,14H,9-10H2,1-3H3. The van der Waals surface area contributed by atoms with Gasteiger partial charge in [0.05, 0.1) is 0 Å². The van der Waals surface area contributed by atoms with Gasteiger partial charge in [0.25, 0.3) is 0 Å². The van der Waals surface area contributed by atoms with Gasteiger partial charge in [0, 0.05) is 5.92 Å². The van der Waals surface area contributed by atoms with Gasteiger partial charge < -0.3 is 0 Å². The Morgan fingerprint density at radius 3 is 2.27 bits per heavy atom. The van der Waals surface area contributed by atoms with Crippen LogP contribution in [0.5, 0.6) is 0 Å². The zero-order valence-electron chi connectivity index (χ0n) is 9.86. The molecule has 82 valence electrons. The minimum absolute atomic E-state index is 0.187. The maximum absolute atomic E-state index is 11.5. The zero-order chi connectivity index (χ0) is 11.3. The molecule has 1 heteroatoms. The Balaban J connectivity index is 2.63.